The van der Waals surface area contributed by atoms with Crippen LogP contribution in [0.2, 0.25) is 0 Å². The van der Waals surface area contributed by atoms with Crippen LogP contribution in [0.1, 0.15) is 48.5 Å². The highest BCUT2D eigenvalue weighted by atomic mass is 16.4. The summed E-state index contributed by atoms with van der Waals surface area (Å²) in [6, 6.07) is 23.3. The number of nitrogens with one attached hydrogen (secondary N) is 2. The fraction of sp³-hybridized carbons (Fsp3) is 0.500. The van der Waals surface area contributed by atoms with Crippen molar-refractivity contribution in [2.24, 2.45) is 0 Å². The van der Waals surface area contributed by atoms with Crippen molar-refractivity contribution in [2.75, 3.05) is 105 Å². The highest BCUT2D eigenvalue weighted by Gasteiger charge is 2.20. The molecule has 5 heterocycles. The molecule has 4 N–H and O–H groups in total. The molecule has 4 aromatic heterocycles. The van der Waals surface area contributed by atoms with Gasteiger partial charge in [-0.2, -0.15) is 0 Å². The second-order valence-corrected chi connectivity index (χ2v) is 16.6. The first-order valence-corrected chi connectivity index (χ1v) is 23.1. The van der Waals surface area contributed by atoms with Crippen molar-refractivity contribution in [3.63, 3.8) is 0 Å². The number of rotatable bonds is 26. The van der Waals surface area contributed by atoms with Gasteiger partial charge >= 0.3 is 11.9 Å². The number of amides is 2. The Bertz CT molecular complexity index is 1870. The molecule has 4 aromatic rings. The van der Waals surface area contributed by atoms with Gasteiger partial charge in [0.25, 0.3) is 0 Å². The topological polar surface area (TPSA) is 204 Å². The second-order valence-electron chi connectivity index (χ2n) is 16.6. The van der Waals surface area contributed by atoms with E-state index < -0.39 is 11.9 Å². The first-order chi connectivity index (χ1) is 32.2. The molecule has 0 atom stereocenters. The van der Waals surface area contributed by atoms with Crippen molar-refractivity contribution in [3.05, 3.63) is 120 Å². The lowest BCUT2D eigenvalue weighted by atomic mass is 10.2. The molecule has 2 amide bonds. The van der Waals surface area contributed by atoms with Gasteiger partial charge in [-0.15, -0.1) is 0 Å². The van der Waals surface area contributed by atoms with E-state index in [2.05, 4.69) is 50.2 Å². The van der Waals surface area contributed by atoms with Crippen molar-refractivity contribution in [3.8, 4) is 0 Å². The number of aliphatic carboxylic acids is 2. The zero-order chi connectivity index (χ0) is 46.6. The van der Waals surface area contributed by atoms with E-state index in [0.29, 0.717) is 131 Å². The number of carboxylic acid groups (broad SMARTS) is 2. The second kappa shape index (κ2) is 29.7. The molecule has 0 bridgehead atoms. The van der Waals surface area contributed by atoms with Gasteiger partial charge in [0.1, 0.15) is 0 Å². The fourth-order valence-corrected chi connectivity index (χ4v) is 7.80. The lowest BCUT2D eigenvalue weighted by Crippen LogP contribution is -2.48. The van der Waals surface area contributed by atoms with Crippen LogP contribution in [0.3, 0.4) is 0 Å². The largest absolute Gasteiger partial charge is 0.480 e. The lowest BCUT2D eigenvalue weighted by molar-refractivity contribution is -0.139. The summed E-state index contributed by atoms with van der Waals surface area (Å²) in [5, 5.41) is 25.7. The summed E-state index contributed by atoms with van der Waals surface area (Å²) in [6.45, 7) is 9.87. The zero-order valence-electron chi connectivity index (χ0n) is 38.2. The maximum absolute atomic E-state index is 13.2. The van der Waals surface area contributed by atoms with E-state index in [-0.39, 0.29) is 31.3 Å². The SMILES string of the molecule is O=C(O)CN1CCN(CCCCC(=O)NCCN(Cc2ccccn2)Cc2ccccn2)CCN(CC(=O)O)CCN(CCC(=O)NCCN(Cc2ccccn2)Cc2ccccn2)CC1. The van der Waals surface area contributed by atoms with Gasteiger partial charge in [0.05, 0.1) is 35.9 Å². The summed E-state index contributed by atoms with van der Waals surface area (Å²) in [4.78, 5) is 80.4. The maximum Gasteiger partial charge on any atom is 0.317 e. The highest BCUT2D eigenvalue weighted by molar-refractivity contribution is 5.76. The van der Waals surface area contributed by atoms with Gasteiger partial charge in [-0.25, -0.2) is 0 Å². The Balaban J connectivity index is 1.06. The zero-order valence-corrected chi connectivity index (χ0v) is 38.2. The van der Waals surface area contributed by atoms with Gasteiger partial charge in [-0.1, -0.05) is 24.3 Å². The quantitative estimate of drug-likeness (QED) is 0.0667. The Morgan fingerprint density at radius 2 is 0.818 bits per heavy atom. The third-order valence-corrected chi connectivity index (χ3v) is 11.4. The van der Waals surface area contributed by atoms with E-state index in [4.69, 9.17) is 0 Å². The number of carboxylic acids is 2. The van der Waals surface area contributed by atoms with E-state index >= 15 is 0 Å². The maximum atomic E-state index is 13.2. The lowest BCUT2D eigenvalue weighted by Gasteiger charge is -2.33. The van der Waals surface area contributed by atoms with Crippen LogP contribution < -0.4 is 10.6 Å². The van der Waals surface area contributed by atoms with E-state index in [1.54, 1.807) is 24.8 Å². The molecular weight excluding hydrogens is 841 g/mol. The van der Waals surface area contributed by atoms with Gasteiger partial charge < -0.3 is 30.6 Å². The highest BCUT2D eigenvalue weighted by Crippen LogP contribution is 2.09. The summed E-state index contributed by atoms with van der Waals surface area (Å²) in [7, 11) is 0. The molecule has 1 saturated heterocycles. The van der Waals surface area contributed by atoms with Gasteiger partial charge in [0, 0.05) is 149 Å². The molecular formula is C48H68N12O6. The summed E-state index contributed by atoms with van der Waals surface area (Å²) in [5.74, 6) is -1.92. The normalized spacial score (nSPS) is 14.9. The minimum atomic E-state index is -0.907. The minimum absolute atomic E-state index is 0.0125. The first-order valence-electron chi connectivity index (χ1n) is 23.1. The van der Waals surface area contributed by atoms with Crippen molar-refractivity contribution in [2.45, 2.75) is 51.9 Å². The molecule has 0 radical (unpaired) electrons. The Morgan fingerprint density at radius 1 is 0.470 bits per heavy atom. The molecule has 18 nitrogen and oxygen atoms in total. The number of aromatic nitrogens is 4. The fourth-order valence-electron chi connectivity index (χ4n) is 7.80. The average Bonchev–Trinajstić information content (AvgIpc) is 3.30. The van der Waals surface area contributed by atoms with Gasteiger partial charge in [0.2, 0.25) is 11.8 Å². The summed E-state index contributed by atoms with van der Waals surface area (Å²) < 4.78 is 0. The molecule has 356 valence electrons. The van der Waals surface area contributed by atoms with Crippen LogP contribution in [0, 0.1) is 0 Å². The third kappa shape index (κ3) is 21.5. The average molecular weight is 909 g/mol. The van der Waals surface area contributed by atoms with Crippen LogP contribution >= 0.6 is 0 Å². The molecule has 1 aliphatic rings. The Morgan fingerprint density at radius 3 is 1.17 bits per heavy atom. The molecule has 0 unspecified atom stereocenters. The monoisotopic (exact) mass is 909 g/mol. The molecule has 5 rings (SSSR count). The standard InChI is InChI=1S/C48H68N12O6/c61-45(53-21-25-59(35-41-11-1-6-17-49-41)36-42-12-2-7-18-50-42)15-5-10-23-55-27-31-57(39-47(63)64)33-29-56(30-34-58(32-28-55)40-48(65)66)24-16-46(62)54-22-26-60(37-43-13-3-8-19-51-43)38-44-14-4-9-20-52-44/h1-4,6-9,11-14,17-20H,5,10,15-16,21-40H2,(H,53,61)(H,54,62)(H,63,64)(H,65,66). The molecule has 18 heteroatoms. The molecule has 0 aromatic carbocycles. The van der Waals surface area contributed by atoms with E-state index in [1.165, 1.54) is 0 Å². The van der Waals surface area contributed by atoms with Gasteiger partial charge in [-0.05, 0) is 67.9 Å². The van der Waals surface area contributed by atoms with Crippen LogP contribution in [0.5, 0.6) is 0 Å². The smallest absolute Gasteiger partial charge is 0.317 e. The van der Waals surface area contributed by atoms with Crippen molar-refractivity contribution in [1.29, 1.82) is 0 Å². The van der Waals surface area contributed by atoms with Crippen LogP contribution in [0.4, 0.5) is 0 Å². The molecule has 0 saturated carbocycles. The number of hydrogen-bond donors (Lipinski definition) is 4. The van der Waals surface area contributed by atoms with Crippen molar-refractivity contribution >= 4 is 23.8 Å². The van der Waals surface area contributed by atoms with E-state index in [0.717, 1.165) is 29.2 Å². The third-order valence-electron chi connectivity index (χ3n) is 11.4. The Hall–Kier alpha value is -5.76. The van der Waals surface area contributed by atoms with Gasteiger partial charge in [0.15, 0.2) is 0 Å². The van der Waals surface area contributed by atoms with Crippen molar-refractivity contribution in [1.82, 2.24) is 60.0 Å². The van der Waals surface area contributed by atoms with Crippen LogP contribution in [-0.4, -0.2) is 188 Å². The first kappa shape index (κ1) is 51.2. The van der Waals surface area contributed by atoms with Crippen LogP contribution in [-0.2, 0) is 45.4 Å². The number of hydrogen-bond acceptors (Lipinski definition) is 14. The number of carbonyl (C=O) groups is 4. The molecule has 0 spiro atoms. The molecule has 0 aliphatic carbocycles. The summed E-state index contributed by atoms with van der Waals surface area (Å²) in [5.41, 5.74) is 3.75. The molecule has 1 fully saturated rings. The van der Waals surface area contributed by atoms with E-state index in [1.807, 2.05) is 82.6 Å². The summed E-state index contributed by atoms with van der Waals surface area (Å²) in [6.07, 6.45) is 9.18. The molecule has 1 aliphatic heterocycles. The number of carbonyl (C=O) groups excluding carboxylic acids is 2. The molecule has 66 heavy (non-hydrogen) atoms. The Kier molecular flexibility index (Phi) is 23.1. The number of pyridine rings is 4. The van der Waals surface area contributed by atoms with Crippen LogP contribution in [0.15, 0.2) is 97.6 Å². The Labute approximate surface area is 389 Å². The number of unbranched alkanes of at least 4 members (excludes halogenated alkanes) is 1. The van der Waals surface area contributed by atoms with Gasteiger partial charge in [-0.3, -0.25) is 58.7 Å². The van der Waals surface area contributed by atoms with E-state index in [9.17, 15) is 29.4 Å². The summed E-state index contributed by atoms with van der Waals surface area (Å²) >= 11 is 0. The van der Waals surface area contributed by atoms with Crippen LogP contribution in [0.25, 0.3) is 0 Å². The minimum Gasteiger partial charge on any atom is -0.480 e. The van der Waals surface area contributed by atoms with Crippen molar-refractivity contribution < 1.29 is 29.4 Å². The predicted molar refractivity (Wildman–Crippen MR) is 251 cm³/mol. The number of nitrogens with zero attached hydrogens (tertiary/aromatic N) is 10. The predicted octanol–water partition coefficient (Wildman–Crippen LogP) is 2.15.